The molecule has 6 heteroatoms. The number of carbonyl (C=O) groups excluding carboxylic acids is 1. The van der Waals surface area contributed by atoms with E-state index in [2.05, 4.69) is 47.3 Å². The second-order valence-corrected chi connectivity index (χ2v) is 10.7. The molecular formula is C22H27BrN2O2S. The molecule has 4 nitrogen and oxygen atoms in total. The van der Waals surface area contributed by atoms with E-state index in [-0.39, 0.29) is 11.7 Å². The molecule has 2 atom stereocenters. The van der Waals surface area contributed by atoms with E-state index in [0.29, 0.717) is 16.9 Å². The maximum absolute atomic E-state index is 13.0. The molecule has 1 aliphatic heterocycles. The van der Waals surface area contributed by atoms with Gasteiger partial charge in [-0.2, -0.15) is 0 Å². The lowest BCUT2D eigenvalue weighted by molar-refractivity contribution is 0.0934. The molecule has 0 bridgehead atoms. The van der Waals surface area contributed by atoms with Crippen LogP contribution in [-0.2, 0) is 12.8 Å². The maximum atomic E-state index is 13.0. The average Bonchev–Trinajstić information content (AvgIpc) is 3.02. The van der Waals surface area contributed by atoms with Crippen LogP contribution in [0, 0.1) is 18.3 Å². The highest BCUT2D eigenvalue weighted by atomic mass is 79.9. The summed E-state index contributed by atoms with van der Waals surface area (Å²) in [5.74, 6) is 0.831. The van der Waals surface area contributed by atoms with Crippen molar-refractivity contribution in [1.82, 2.24) is 5.32 Å². The van der Waals surface area contributed by atoms with E-state index in [0.717, 1.165) is 39.9 Å². The first-order valence-electron chi connectivity index (χ1n) is 9.92. The minimum absolute atomic E-state index is 0.0403. The number of hydrogen-bond acceptors (Lipinski definition) is 4. The zero-order chi connectivity index (χ0) is 20.2. The van der Waals surface area contributed by atoms with Crippen LogP contribution >= 0.6 is 27.3 Å². The summed E-state index contributed by atoms with van der Waals surface area (Å²) in [6.07, 6.45) is 3.89. The lowest BCUT2D eigenvalue weighted by Crippen LogP contribution is -2.38. The first kappa shape index (κ1) is 19.8. The molecule has 3 N–H and O–H groups in total. The summed E-state index contributed by atoms with van der Waals surface area (Å²) in [4.78, 5) is 14.3. The van der Waals surface area contributed by atoms with Crippen molar-refractivity contribution < 1.29 is 9.90 Å². The van der Waals surface area contributed by atoms with Gasteiger partial charge >= 0.3 is 0 Å². The molecule has 1 aromatic heterocycles. The van der Waals surface area contributed by atoms with Gasteiger partial charge < -0.3 is 15.7 Å². The quantitative estimate of drug-likeness (QED) is 0.530. The standard InChI is InChI=1S/C22H27BrN2O2S/c1-5-22(3,4)12-6-7-14-16(9-12)28-21-17(14)20(27)24-19(25-21)15-10-13(23)8-11(2)18(15)26/h8,10,12,19,25-26H,5-7,9H2,1-4H3,(H,24,27)/t12-,19+/m1/s1. The number of aromatic hydroxyl groups is 1. The lowest BCUT2D eigenvalue weighted by Gasteiger charge is -2.36. The second kappa shape index (κ2) is 7.06. The highest BCUT2D eigenvalue weighted by Gasteiger charge is 2.37. The molecule has 0 saturated heterocycles. The van der Waals surface area contributed by atoms with E-state index in [1.165, 1.54) is 16.9 Å². The molecule has 2 heterocycles. The van der Waals surface area contributed by atoms with E-state index in [1.807, 2.05) is 19.1 Å². The minimum Gasteiger partial charge on any atom is -0.507 e. The highest BCUT2D eigenvalue weighted by Crippen LogP contribution is 2.47. The fourth-order valence-electron chi connectivity index (χ4n) is 4.39. The number of nitrogens with one attached hydrogen (secondary N) is 2. The molecular weight excluding hydrogens is 436 g/mol. The Bertz CT molecular complexity index is 950. The molecule has 0 fully saturated rings. The number of fused-ring (bicyclic) bond motifs is 3. The third-order valence-electron chi connectivity index (χ3n) is 6.67. The van der Waals surface area contributed by atoms with Crippen molar-refractivity contribution in [2.45, 2.75) is 59.5 Å². The van der Waals surface area contributed by atoms with Crippen LogP contribution in [0.3, 0.4) is 0 Å². The van der Waals surface area contributed by atoms with Crippen molar-refractivity contribution >= 4 is 38.2 Å². The van der Waals surface area contributed by atoms with Crippen LogP contribution in [0.2, 0.25) is 0 Å². The van der Waals surface area contributed by atoms with E-state index >= 15 is 0 Å². The smallest absolute Gasteiger partial charge is 0.256 e. The number of benzene rings is 1. The molecule has 4 rings (SSSR count). The Morgan fingerprint density at radius 2 is 2.07 bits per heavy atom. The van der Waals surface area contributed by atoms with Gasteiger partial charge in [-0.3, -0.25) is 4.79 Å². The van der Waals surface area contributed by atoms with Gasteiger partial charge in [-0.1, -0.05) is 43.1 Å². The molecule has 28 heavy (non-hydrogen) atoms. The van der Waals surface area contributed by atoms with Gasteiger partial charge in [0.2, 0.25) is 0 Å². The molecule has 0 spiro atoms. The Morgan fingerprint density at radius 3 is 2.79 bits per heavy atom. The van der Waals surface area contributed by atoms with Crippen LogP contribution in [0.5, 0.6) is 5.75 Å². The number of thiophene rings is 1. The summed E-state index contributed by atoms with van der Waals surface area (Å²) in [5.41, 5.74) is 3.82. The number of halogens is 1. The van der Waals surface area contributed by atoms with Crippen molar-refractivity contribution in [2.24, 2.45) is 11.3 Å². The summed E-state index contributed by atoms with van der Waals surface area (Å²) in [6.45, 7) is 8.84. The number of aryl methyl sites for hydroxylation is 1. The highest BCUT2D eigenvalue weighted by molar-refractivity contribution is 9.10. The van der Waals surface area contributed by atoms with Gasteiger partial charge in [0, 0.05) is 14.9 Å². The summed E-state index contributed by atoms with van der Waals surface area (Å²) in [5, 5.41) is 18.0. The van der Waals surface area contributed by atoms with Crippen LogP contribution in [0.4, 0.5) is 5.00 Å². The fraction of sp³-hybridized carbons (Fsp3) is 0.500. The molecule has 1 amide bonds. The lowest BCUT2D eigenvalue weighted by atomic mass is 9.69. The number of anilines is 1. The van der Waals surface area contributed by atoms with Gasteiger partial charge in [-0.25, -0.2) is 0 Å². The van der Waals surface area contributed by atoms with Gasteiger partial charge in [-0.05, 0) is 60.8 Å². The van der Waals surface area contributed by atoms with Crippen LogP contribution < -0.4 is 10.6 Å². The fourth-order valence-corrected chi connectivity index (χ4v) is 6.33. The Morgan fingerprint density at radius 1 is 1.32 bits per heavy atom. The van der Waals surface area contributed by atoms with Gasteiger partial charge in [0.25, 0.3) is 5.91 Å². The number of phenols is 1. The largest absolute Gasteiger partial charge is 0.507 e. The van der Waals surface area contributed by atoms with E-state index in [9.17, 15) is 9.90 Å². The van der Waals surface area contributed by atoms with Crippen LogP contribution in [-0.4, -0.2) is 11.0 Å². The molecule has 1 aromatic carbocycles. The van der Waals surface area contributed by atoms with Crippen molar-refractivity contribution in [3.05, 3.63) is 43.7 Å². The summed E-state index contributed by atoms with van der Waals surface area (Å²) >= 11 is 5.21. The SMILES string of the molecule is CCC(C)(C)[C@@H]1CCc2c(sc3c2C(=O)N[C@H](c2cc(Br)cc(C)c2O)N3)C1. The van der Waals surface area contributed by atoms with E-state index in [1.54, 1.807) is 11.3 Å². The van der Waals surface area contributed by atoms with Crippen molar-refractivity contribution in [3.8, 4) is 5.75 Å². The normalized spacial score (nSPS) is 21.5. The third-order valence-corrected chi connectivity index (χ3v) is 8.31. The molecule has 1 aliphatic carbocycles. The Balaban J connectivity index is 1.67. The Labute approximate surface area is 178 Å². The molecule has 0 unspecified atom stereocenters. The molecule has 150 valence electrons. The molecule has 2 aliphatic rings. The first-order valence-corrected chi connectivity index (χ1v) is 11.5. The molecule has 0 saturated carbocycles. The summed E-state index contributed by atoms with van der Waals surface area (Å²) in [7, 11) is 0. The van der Waals surface area contributed by atoms with Crippen molar-refractivity contribution in [2.75, 3.05) is 5.32 Å². The van der Waals surface area contributed by atoms with Gasteiger partial charge in [0.15, 0.2) is 0 Å². The number of carbonyl (C=O) groups is 1. The molecule has 2 aromatic rings. The first-order chi connectivity index (χ1) is 13.2. The predicted molar refractivity (Wildman–Crippen MR) is 118 cm³/mol. The van der Waals surface area contributed by atoms with Crippen molar-refractivity contribution in [3.63, 3.8) is 0 Å². The monoisotopic (exact) mass is 462 g/mol. The van der Waals surface area contributed by atoms with Gasteiger partial charge in [-0.15, -0.1) is 11.3 Å². The zero-order valence-electron chi connectivity index (χ0n) is 16.8. The van der Waals surface area contributed by atoms with Gasteiger partial charge in [0.1, 0.15) is 16.9 Å². The Hall–Kier alpha value is -1.53. The zero-order valence-corrected chi connectivity index (χ0v) is 19.2. The number of phenolic OH excluding ortho intramolecular Hbond substituents is 1. The minimum atomic E-state index is -0.431. The maximum Gasteiger partial charge on any atom is 0.256 e. The second-order valence-electron chi connectivity index (χ2n) is 8.70. The van der Waals surface area contributed by atoms with Gasteiger partial charge in [0.05, 0.1) is 5.56 Å². The summed E-state index contributed by atoms with van der Waals surface area (Å²) < 4.78 is 0.884. The Kier molecular flexibility index (Phi) is 4.99. The van der Waals surface area contributed by atoms with Crippen LogP contribution in [0.15, 0.2) is 16.6 Å². The van der Waals surface area contributed by atoms with Crippen LogP contribution in [0.1, 0.15) is 71.7 Å². The predicted octanol–water partition coefficient (Wildman–Crippen LogP) is 5.92. The molecule has 0 radical (unpaired) electrons. The van der Waals surface area contributed by atoms with E-state index < -0.39 is 6.17 Å². The summed E-state index contributed by atoms with van der Waals surface area (Å²) in [6, 6.07) is 3.73. The number of rotatable bonds is 3. The number of amides is 1. The van der Waals surface area contributed by atoms with Crippen molar-refractivity contribution in [1.29, 1.82) is 0 Å². The van der Waals surface area contributed by atoms with E-state index in [4.69, 9.17) is 0 Å². The average molecular weight is 463 g/mol. The van der Waals surface area contributed by atoms with Crippen LogP contribution in [0.25, 0.3) is 0 Å². The number of hydrogen-bond donors (Lipinski definition) is 3. The topological polar surface area (TPSA) is 61.4 Å². The third kappa shape index (κ3) is 3.24.